The Kier molecular flexibility index (Phi) is 9.64. The van der Waals surface area contributed by atoms with Crippen LogP contribution in [0.2, 0.25) is 0 Å². The van der Waals surface area contributed by atoms with Crippen LogP contribution in [-0.2, 0) is 0 Å². The van der Waals surface area contributed by atoms with E-state index in [0.717, 1.165) is 19.5 Å². The monoisotopic (exact) mass is 266 g/mol. The molecule has 19 heavy (non-hydrogen) atoms. The van der Waals surface area contributed by atoms with E-state index in [0.29, 0.717) is 6.17 Å². The second kappa shape index (κ2) is 11.2. The minimum Gasteiger partial charge on any atom is -0.395 e. The summed E-state index contributed by atoms with van der Waals surface area (Å²) < 4.78 is 0. The maximum atomic E-state index is 8.97. The molecule has 0 saturated carbocycles. The lowest BCUT2D eigenvalue weighted by atomic mass is 10.1. The Labute approximate surface area is 118 Å². The molecular formula is C16H30N2O. The van der Waals surface area contributed by atoms with E-state index in [1.54, 1.807) is 0 Å². The lowest BCUT2D eigenvalue weighted by molar-refractivity contribution is 0.176. The number of hydrogen-bond donors (Lipinski definition) is 1. The van der Waals surface area contributed by atoms with Crippen LogP contribution < -0.4 is 0 Å². The summed E-state index contributed by atoms with van der Waals surface area (Å²) in [6, 6.07) is 0. The average molecular weight is 266 g/mol. The van der Waals surface area contributed by atoms with Crippen molar-refractivity contribution in [2.75, 3.05) is 19.7 Å². The van der Waals surface area contributed by atoms with Crippen LogP contribution in [0, 0.1) is 0 Å². The van der Waals surface area contributed by atoms with Gasteiger partial charge in [-0.1, -0.05) is 37.8 Å². The minimum atomic E-state index is 0.242. The number of β-amino-alcohol motifs (C(OH)–C–C–N with tert-alkyl or cyclic N) is 1. The number of allylic oxidation sites excluding steroid dienone is 2. The van der Waals surface area contributed by atoms with Crippen molar-refractivity contribution in [3.63, 3.8) is 0 Å². The van der Waals surface area contributed by atoms with E-state index in [2.05, 4.69) is 29.0 Å². The summed E-state index contributed by atoms with van der Waals surface area (Å²) in [5, 5.41) is 8.97. The van der Waals surface area contributed by atoms with E-state index in [9.17, 15) is 0 Å². The quantitative estimate of drug-likeness (QED) is 0.459. The summed E-state index contributed by atoms with van der Waals surface area (Å²) in [7, 11) is 0. The van der Waals surface area contributed by atoms with Crippen molar-refractivity contribution >= 4 is 6.21 Å². The molecule has 0 spiro atoms. The molecule has 3 nitrogen and oxygen atoms in total. The van der Waals surface area contributed by atoms with Gasteiger partial charge in [-0.05, 0) is 32.6 Å². The Balaban J connectivity index is 1.91. The van der Waals surface area contributed by atoms with Gasteiger partial charge in [0.2, 0.25) is 0 Å². The molecule has 3 heteroatoms. The minimum absolute atomic E-state index is 0.242. The van der Waals surface area contributed by atoms with Crippen LogP contribution in [0.15, 0.2) is 17.1 Å². The molecule has 0 bridgehead atoms. The van der Waals surface area contributed by atoms with Gasteiger partial charge < -0.3 is 5.11 Å². The summed E-state index contributed by atoms with van der Waals surface area (Å²) in [6.07, 6.45) is 17.1. The molecule has 1 unspecified atom stereocenters. The molecule has 110 valence electrons. The highest BCUT2D eigenvalue weighted by atomic mass is 16.3. The zero-order valence-corrected chi connectivity index (χ0v) is 12.4. The number of rotatable bonds is 11. The second-order valence-electron chi connectivity index (χ2n) is 5.30. The molecule has 1 N–H and O–H groups in total. The van der Waals surface area contributed by atoms with E-state index in [-0.39, 0.29) is 6.61 Å². The van der Waals surface area contributed by atoms with Gasteiger partial charge in [-0.3, -0.25) is 9.89 Å². The molecule has 0 aromatic rings. The van der Waals surface area contributed by atoms with Crippen LogP contribution in [0.4, 0.5) is 0 Å². The molecule has 0 fully saturated rings. The number of hydrogen-bond acceptors (Lipinski definition) is 3. The molecule has 1 aliphatic heterocycles. The van der Waals surface area contributed by atoms with Gasteiger partial charge in [-0.25, -0.2) is 0 Å². The first-order valence-corrected chi connectivity index (χ1v) is 7.86. The summed E-state index contributed by atoms with van der Waals surface area (Å²) in [5.74, 6) is 0. The fraction of sp³-hybridized carbons (Fsp3) is 0.812. The molecule has 1 rings (SSSR count). The van der Waals surface area contributed by atoms with E-state index in [1.165, 1.54) is 44.9 Å². The van der Waals surface area contributed by atoms with Crippen molar-refractivity contribution in [2.45, 2.75) is 64.5 Å². The Bertz CT molecular complexity index is 263. The molecule has 0 amide bonds. The van der Waals surface area contributed by atoms with Crippen LogP contribution in [-0.4, -0.2) is 42.1 Å². The maximum absolute atomic E-state index is 8.97. The van der Waals surface area contributed by atoms with Crippen molar-refractivity contribution < 1.29 is 5.11 Å². The third kappa shape index (κ3) is 7.48. The summed E-state index contributed by atoms with van der Waals surface area (Å²) in [5.41, 5.74) is 0. The summed E-state index contributed by atoms with van der Waals surface area (Å²) in [4.78, 5) is 6.75. The van der Waals surface area contributed by atoms with Gasteiger partial charge >= 0.3 is 0 Å². The van der Waals surface area contributed by atoms with Gasteiger partial charge in [0.25, 0.3) is 0 Å². The predicted octanol–water partition coefficient (Wildman–Crippen LogP) is 3.39. The predicted molar refractivity (Wildman–Crippen MR) is 82.7 cm³/mol. The third-order valence-electron chi connectivity index (χ3n) is 3.72. The number of aliphatic hydroxyl groups excluding tert-OH is 1. The first-order valence-electron chi connectivity index (χ1n) is 7.86. The molecule has 0 radical (unpaired) electrons. The molecule has 0 aliphatic carbocycles. The Morgan fingerprint density at radius 1 is 1.21 bits per heavy atom. The van der Waals surface area contributed by atoms with Gasteiger partial charge in [0.1, 0.15) is 6.17 Å². The van der Waals surface area contributed by atoms with Crippen LogP contribution >= 0.6 is 0 Å². The highest BCUT2D eigenvalue weighted by Crippen LogP contribution is 2.15. The summed E-state index contributed by atoms with van der Waals surface area (Å²) in [6.45, 7) is 4.00. The van der Waals surface area contributed by atoms with E-state index < -0.39 is 0 Å². The normalized spacial score (nSPS) is 19.8. The lowest BCUT2D eigenvalue weighted by Crippen LogP contribution is -2.32. The van der Waals surface area contributed by atoms with Crippen LogP contribution in [0.25, 0.3) is 0 Å². The second-order valence-corrected chi connectivity index (χ2v) is 5.30. The van der Waals surface area contributed by atoms with Gasteiger partial charge in [0.05, 0.1) is 6.61 Å². The molecular weight excluding hydrogens is 236 g/mol. The number of aliphatic imine (C=N–C) groups is 1. The Morgan fingerprint density at radius 2 is 1.95 bits per heavy atom. The Morgan fingerprint density at radius 3 is 2.68 bits per heavy atom. The number of aliphatic hydroxyl groups is 1. The molecule has 1 aliphatic rings. The molecule has 0 aromatic carbocycles. The Hall–Kier alpha value is -0.670. The van der Waals surface area contributed by atoms with Gasteiger partial charge in [-0.2, -0.15) is 0 Å². The van der Waals surface area contributed by atoms with E-state index in [1.807, 2.05) is 6.21 Å². The summed E-state index contributed by atoms with van der Waals surface area (Å²) >= 11 is 0. The largest absolute Gasteiger partial charge is 0.395 e. The van der Waals surface area contributed by atoms with Crippen LogP contribution in [0.1, 0.15) is 58.3 Å². The van der Waals surface area contributed by atoms with Gasteiger partial charge in [-0.15, -0.1) is 0 Å². The lowest BCUT2D eigenvalue weighted by Gasteiger charge is -2.21. The van der Waals surface area contributed by atoms with Crippen LogP contribution in [0.5, 0.6) is 0 Å². The zero-order chi connectivity index (χ0) is 13.8. The molecule has 0 aromatic heterocycles. The number of unbranched alkanes of at least 4 members (excludes halogenated alkanes) is 6. The fourth-order valence-corrected chi connectivity index (χ4v) is 2.58. The molecule has 0 saturated heterocycles. The highest BCUT2D eigenvalue weighted by Gasteiger charge is 2.19. The van der Waals surface area contributed by atoms with E-state index >= 15 is 0 Å². The average Bonchev–Trinajstić information content (AvgIpc) is 2.85. The van der Waals surface area contributed by atoms with Crippen LogP contribution in [0.3, 0.4) is 0 Å². The first kappa shape index (κ1) is 16.4. The molecule has 1 atom stereocenters. The zero-order valence-electron chi connectivity index (χ0n) is 12.4. The fourth-order valence-electron chi connectivity index (χ4n) is 2.58. The maximum Gasteiger partial charge on any atom is 0.102 e. The SMILES string of the molecule is C/C=C/CCCCCCCCC1N=CCN1CCO. The van der Waals surface area contributed by atoms with Crippen molar-refractivity contribution in [3.05, 3.63) is 12.2 Å². The van der Waals surface area contributed by atoms with Crippen molar-refractivity contribution in [3.8, 4) is 0 Å². The highest BCUT2D eigenvalue weighted by molar-refractivity contribution is 5.62. The standard InChI is InChI=1S/C16H30N2O/c1-2-3-4-5-6-7-8-9-10-11-16-17-12-13-18(16)14-15-19/h2-3,12,16,19H,4-11,13-15H2,1H3/b3-2+. The smallest absolute Gasteiger partial charge is 0.102 e. The number of nitrogens with zero attached hydrogens (tertiary/aromatic N) is 2. The van der Waals surface area contributed by atoms with E-state index in [4.69, 9.17) is 5.11 Å². The van der Waals surface area contributed by atoms with Crippen molar-refractivity contribution in [2.24, 2.45) is 4.99 Å². The van der Waals surface area contributed by atoms with Gasteiger partial charge in [0.15, 0.2) is 0 Å². The third-order valence-corrected chi connectivity index (χ3v) is 3.72. The molecule has 1 heterocycles. The van der Waals surface area contributed by atoms with Crippen molar-refractivity contribution in [1.29, 1.82) is 0 Å². The van der Waals surface area contributed by atoms with Crippen molar-refractivity contribution in [1.82, 2.24) is 4.90 Å². The topological polar surface area (TPSA) is 35.8 Å². The first-order chi connectivity index (χ1) is 9.38. The van der Waals surface area contributed by atoms with Gasteiger partial charge in [0, 0.05) is 19.3 Å².